The lowest BCUT2D eigenvalue weighted by molar-refractivity contribution is -0.158. The molecule has 9 atom stereocenters. The molecule has 2 saturated heterocycles. The third-order valence-corrected chi connectivity index (χ3v) is 11.6. The summed E-state index contributed by atoms with van der Waals surface area (Å²) < 4.78 is 70.8. The maximum Gasteiger partial charge on any atom is 0.417 e. The van der Waals surface area contributed by atoms with Gasteiger partial charge in [0.1, 0.15) is 47.0 Å². The molecule has 5 rings (SSSR count). The van der Waals surface area contributed by atoms with E-state index in [9.17, 15) is 37.8 Å². The highest BCUT2D eigenvalue weighted by molar-refractivity contribution is 6.34. The number of esters is 1. The Hall–Kier alpha value is -4.55. The number of hydrogen-bond donors (Lipinski definition) is 4. The number of methoxy groups -OCH3 is 2. The first-order chi connectivity index (χ1) is 27.0. The minimum absolute atomic E-state index is 0.129. The second kappa shape index (κ2) is 17.0. The third kappa shape index (κ3) is 9.18. The summed E-state index contributed by atoms with van der Waals surface area (Å²) in [7, 11) is 5.58. The Morgan fingerprint density at radius 2 is 1.90 bits per heavy atom. The van der Waals surface area contributed by atoms with Crippen LogP contribution in [0.2, 0.25) is 5.02 Å². The zero-order valence-electron chi connectivity index (χ0n) is 33.4. The molecule has 0 spiro atoms. The van der Waals surface area contributed by atoms with Crippen LogP contribution in [-0.2, 0) is 36.3 Å². The van der Waals surface area contributed by atoms with Crippen molar-refractivity contribution in [3.8, 4) is 5.75 Å². The van der Waals surface area contributed by atoms with Gasteiger partial charge in [-0.25, -0.2) is 9.59 Å². The van der Waals surface area contributed by atoms with Gasteiger partial charge in [0.2, 0.25) is 0 Å². The predicted octanol–water partition coefficient (Wildman–Crippen LogP) is 5.22. The average molecular weight is 839 g/mol. The van der Waals surface area contributed by atoms with Gasteiger partial charge in [-0.2, -0.15) is 13.2 Å². The van der Waals surface area contributed by atoms with Gasteiger partial charge in [0.05, 0.1) is 30.0 Å². The van der Waals surface area contributed by atoms with Crippen LogP contribution in [0.5, 0.6) is 5.75 Å². The van der Waals surface area contributed by atoms with Crippen LogP contribution >= 0.6 is 11.6 Å². The number of fused-ring (bicyclic) bond motifs is 5. The van der Waals surface area contributed by atoms with Gasteiger partial charge >= 0.3 is 18.2 Å². The molecule has 18 heteroatoms. The molecule has 0 saturated carbocycles. The van der Waals surface area contributed by atoms with Crippen LogP contribution in [0.25, 0.3) is 0 Å². The number of benzene rings is 2. The zero-order valence-corrected chi connectivity index (χ0v) is 34.2. The molecule has 3 aliphatic rings. The van der Waals surface area contributed by atoms with Crippen LogP contribution in [0.15, 0.2) is 54.1 Å². The summed E-state index contributed by atoms with van der Waals surface area (Å²) in [5.74, 6) is -2.43. The number of alkyl halides is 3. The number of carbonyl (C=O) groups is 3. The number of nitrogens with one attached hydrogen (secondary N) is 1. The van der Waals surface area contributed by atoms with Gasteiger partial charge in [-0.15, -0.1) is 0 Å². The first-order valence-corrected chi connectivity index (χ1v) is 18.9. The van der Waals surface area contributed by atoms with Crippen molar-refractivity contribution >= 4 is 40.9 Å². The first kappa shape index (κ1) is 44.6. The van der Waals surface area contributed by atoms with Crippen LogP contribution in [-0.4, -0.2) is 109 Å². The number of nitrogens with zero attached hydrogens (tertiary/aromatic N) is 2. The molecule has 58 heavy (non-hydrogen) atoms. The average Bonchev–Trinajstić information content (AvgIpc) is 3.86. The third-order valence-electron chi connectivity index (χ3n) is 11.2. The summed E-state index contributed by atoms with van der Waals surface area (Å²) in [6.07, 6.45) is -6.06. The lowest BCUT2D eigenvalue weighted by Crippen LogP contribution is -2.63. The highest BCUT2D eigenvalue weighted by atomic mass is 35.5. The Kier molecular flexibility index (Phi) is 13.0. The molecule has 2 aromatic carbocycles. The molecular weight excluding hydrogens is 789 g/mol. The molecule has 3 aliphatic heterocycles. The van der Waals surface area contributed by atoms with Crippen molar-refractivity contribution in [2.45, 2.75) is 101 Å². The monoisotopic (exact) mass is 838 g/mol. The molecule has 14 nitrogen and oxygen atoms in total. The fourth-order valence-corrected chi connectivity index (χ4v) is 7.80. The summed E-state index contributed by atoms with van der Waals surface area (Å²) in [6, 6.07) is 4.82. The summed E-state index contributed by atoms with van der Waals surface area (Å²) in [4.78, 5) is 42.6. The Balaban J connectivity index is 1.52. The summed E-state index contributed by atoms with van der Waals surface area (Å²) in [6.45, 7) is 6.53. The highest BCUT2D eigenvalue weighted by Crippen LogP contribution is 2.49. The van der Waals surface area contributed by atoms with Crippen LogP contribution in [0.1, 0.15) is 62.0 Å². The first-order valence-electron chi connectivity index (χ1n) is 18.5. The number of likely N-dealkylation sites (N-methyl/N-ethyl adjacent to an activating group) is 1. The van der Waals surface area contributed by atoms with E-state index in [2.05, 4.69) is 5.32 Å². The van der Waals surface area contributed by atoms with Gasteiger partial charge < -0.3 is 49.4 Å². The van der Waals surface area contributed by atoms with E-state index in [1.165, 1.54) is 26.0 Å². The maximum atomic E-state index is 13.9. The molecule has 2 fully saturated rings. The number of nitrogens with two attached hydrogens (primary N) is 1. The molecule has 2 aromatic rings. The van der Waals surface area contributed by atoms with E-state index in [1.807, 2.05) is 13.0 Å². The second-order valence-corrected chi connectivity index (χ2v) is 15.7. The Labute approximate surface area is 339 Å². The zero-order chi connectivity index (χ0) is 43.1. The largest absolute Gasteiger partial charge is 0.495 e. The van der Waals surface area contributed by atoms with Crippen molar-refractivity contribution in [3.63, 3.8) is 0 Å². The smallest absolute Gasteiger partial charge is 0.417 e. The summed E-state index contributed by atoms with van der Waals surface area (Å²) in [5.41, 5.74) is 2.19. The van der Waals surface area contributed by atoms with Gasteiger partial charge in [0.15, 0.2) is 5.72 Å². The molecule has 5 N–H and O–H groups in total. The number of hydrogen-bond acceptors (Lipinski definition) is 12. The Morgan fingerprint density at radius 3 is 2.53 bits per heavy atom. The van der Waals surface area contributed by atoms with Crippen molar-refractivity contribution in [2.75, 3.05) is 38.9 Å². The number of allylic oxidation sites excluding steroid dienone is 3. The van der Waals surface area contributed by atoms with E-state index >= 15 is 0 Å². The fraction of sp³-hybridized carbons (Fsp3) is 0.525. The number of nitrogen functional groups attached to an aromatic ring is 1. The van der Waals surface area contributed by atoms with Crippen LogP contribution in [0.4, 0.5) is 29.3 Å². The molecular formula is C40H50ClF3N4O10. The van der Waals surface area contributed by atoms with Crippen molar-refractivity contribution in [3.05, 3.63) is 75.8 Å². The molecule has 1 unspecified atom stereocenters. The number of ether oxygens (including phenoxy) is 5. The van der Waals surface area contributed by atoms with E-state index in [0.717, 1.165) is 35.2 Å². The topological polar surface area (TPSA) is 186 Å². The highest BCUT2D eigenvalue weighted by Gasteiger charge is 2.64. The lowest BCUT2D eigenvalue weighted by atomic mass is 9.83. The molecule has 4 bridgehead atoms. The van der Waals surface area contributed by atoms with Crippen LogP contribution in [0.3, 0.4) is 0 Å². The molecule has 0 aliphatic carbocycles. The van der Waals surface area contributed by atoms with E-state index in [0.29, 0.717) is 23.9 Å². The molecule has 3 heterocycles. The van der Waals surface area contributed by atoms with Crippen LogP contribution < -0.4 is 20.7 Å². The number of amides is 2. The summed E-state index contributed by atoms with van der Waals surface area (Å²) >= 11 is 6.77. The number of aliphatic hydroxyl groups is 2. The quantitative estimate of drug-likeness (QED) is 0.169. The normalized spacial score (nSPS) is 31.0. The lowest BCUT2D eigenvalue weighted by Gasteiger charge is -2.42. The minimum atomic E-state index is -4.92. The Bertz CT molecular complexity index is 1970. The predicted molar refractivity (Wildman–Crippen MR) is 207 cm³/mol. The molecule has 0 aromatic heterocycles. The van der Waals surface area contributed by atoms with E-state index in [1.54, 1.807) is 45.2 Å². The maximum absolute atomic E-state index is 13.9. The molecule has 0 radical (unpaired) electrons. The van der Waals surface area contributed by atoms with Crippen molar-refractivity contribution in [2.24, 2.45) is 5.92 Å². The number of anilines is 2. The van der Waals surface area contributed by atoms with Gasteiger partial charge in [-0.05, 0) is 63.1 Å². The van der Waals surface area contributed by atoms with Crippen molar-refractivity contribution < 1.29 is 61.5 Å². The van der Waals surface area contributed by atoms with Crippen LogP contribution in [0, 0.1) is 5.92 Å². The number of carbonyl (C=O) groups excluding carboxylic acids is 3. The van der Waals surface area contributed by atoms with Gasteiger partial charge in [-0.1, -0.05) is 42.3 Å². The van der Waals surface area contributed by atoms with E-state index in [-0.39, 0.29) is 23.6 Å². The number of epoxide rings is 1. The molecule has 318 valence electrons. The SMILES string of the molecule is COc1cc2cc(c1Cl)N(C)C(O)C[C@H](OC(=O)[C@H](C)N(C)C(=O)c1ccc(N)cc1C(F)(F)F)[C@]1(C)O[C@H]1[C@H](C)[C@@H]1C[C@@](O)(NC(=O)O1)[C@H](OC)/C=C/C=C(\C)C2. The molecule has 2 amide bonds. The van der Waals surface area contributed by atoms with E-state index in [4.69, 9.17) is 41.0 Å². The minimum Gasteiger partial charge on any atom is -0.495 e. The second-order valence-electron chi connectivity index (χ2n) is 15.3. The number of aliphatic hydroxyl groups excluding tert-OH is 1. The Morgan fingerprint density at radius 1 is 1.21 bits per heavy atom. The summed E-state index contributed by atoms with van der Waals surface area (Å²) in [5, 5.41) is 26.2. The van der Waals surface area contributed by atoms with E-state index < -0.39 is 89.2 Å². The standard InChI is InChI=1S/C40H50ClF3N4O10/c1-20-10-9-11-30(55-8)39(53)19-29(56-37(52)46-39)21(2)34-38(4,58-34)31(18-32(49)48(6)27-15-23(14-20)16-28(54-7)33(27)41)57-36(51)22(3)47(5)35(50)25-13-12-24(45)17-26(25)40(42,43)44/h9-13,15-17,21-22,29-32,34,49,53H,14,18-19,45H2,1-8H3,(H,46,52)/b11-9+,20-10+/t21-,22+,29+,30-,31+,32?,34+,38+,39+/m1/s1. The number of halogens is 4. The number of rotatable bonds is 6. The fourth-order valence-electron chi connectivity index (χ4n) is 7.48. The van der Waals surface area contributed by atoms with Gasteiger partial charge in [-0.3, -0.25) is 10.1 Å². The van der Waals surface area contributed by atoms with Crippen molar-refractivity contribution in [1.82, 2.24) is 10.2 Å². The van der Waals surface area contributed by atoms with Crippen molar-refractivity contribution in [1.29, 1.82) is 0 Å². The van der Waals surface area contributed by atoms with Gasteiger partial charge in [0, 0.05) is 45.7 Å². The number of alkyl carbamates (subject to hydrolysis) is 1. The van der Waals surface area contributed by atoms with Gasteiger partial charge in [0.25, 0.3) is 5.91 Å².